The van der Waals surface area contributed by atoms with Gasteiger partial charge in [0, 0.05) is 47.8 Å². The third-order valence-electron chi connectivity index (χ3n) is 7.26. The molecule has 4 atom stereocenters. The molecule has 1 fully saturated rings. The van der Waals surface area contributed by atoms with E-state index < -0.39 is 5.95 Å². The highest BCUT2D eigenvalue weighted by molar-refractivity contribution is 5.97. The monoisotopic (exact) mass is 497 g/mol. The molecule has 3 aromatic rings. The number of carbonyl (C=O) groups excluding carboxylic acids is 1. The summed E-state index contributed by atoms with van der Waals surface area (Å²) in [5.74, 6) is 5.91. The summed E-state index contributed by atoms with van der Waals surface area (Å²) in [6.45, 7) is 6.79. The molecule has 4 nitrogen and oxygen atoms in total. The molecule has 0 aliphatic heterocycles. The predicted octanol–water partition coefficient (Wildman–Crippen LogP) is 6.55. The molecule has 1 amide bonds. The smallest absolute Gasteiger partial charge is 0.230 e. The van der Waals surface area contributed by atoms with Crippen LogP contribution in [0.15, 0.2) is 66.7 Å². The quantitative estimate of drug-likeness (QED) is 0.269. The van der Waals surface area contributed by atoms with Crippen molar-refractivity contribution in [3.05, 3.63) is 83.9 Å². The summed E-state index contributed by atoms with van der Waals surface area (Å²) in [6.07, 6.45) is 3.58. The third kappa shape index (κ3) is 6.64. The zero-order valence-electron chi connectivity index (χ0n) is 22.0. The lowest BCUT2D eigenvalue weighted by Gasteiger charge is -2.29. The van der Waals surface area contributed by atoms with Gasteiger partial charge in [-0.25, -0.2) is 4.98 Å². The van der Waals surface area contributed by atoms with Crippen molar-refractivity contribution in [1.82, 2.24) is 4.98 Å². The summed E-state index contributed by atoms with van der Waals surface area (Å²) in [5.41, 5.74) is 11.2. The minimum Gasteiger partial charge on any atom is -0.326 e. The van der Waals surface area contributed by atoms with Crippen LogP contribution in [-0.4, -0.2) is 23.5 Å². The number of benzene rings is 2. The van der Waals surface area contributed by atoms with E-state index in [0.29, 0.717) is 18.7 Å². The van der Waals surface area contributed by atoms with Crippen molar-refractivity contribution in [2.45, 2.75) is 58.4 Å². The predicted molar refractivity (Wildman–Crippen MR) is 148 cm³/mol. The topological polar surface area (TPSA) is 59.2 Å². The number of hydrogen-bond donors (Lipinski definition) is 1. The highest BCUT2D eigenvalue weighted by Crippen LogP contribution is 2.48. The largest absolute Gasteiger partial charge is 0.326 e. The van der Waals surface area contributed by atoms with Crippen molar-refractivity contribution >= 4 is 11.6 Å². The van der Waals surface area contributed by atoms with Gasteiger partial charge >= 0.3 is 0 Å². The van der Waals surface area contributed by atoms with Crippen molar-refractivity contribution in [2.24, 2.45) is 17.6 Å². The molecule has 192 valence electrons. The van der Waals surface area contributed by atoms with Gasteiger partial charge in [0.1, 0.15) is 0 Å². The summed E-state index contributed by atoms with van der Waals surface area (Å²) >= 11 is 0. The molecule has 0 saturated heterocycles. The van der Waals surface area contributed by atoms with E-state index in [1.165, 1.54) is 6.07 Å². The second-order valence-corrected chi connectivity index (χ2v) is 10.0. The molecule has 1 saturated carbocycles. The Labute approximate surface area is 220 Å². The van der Waals surface area contributed by atoms with E-state index in [9.17, 15) is 9.18 Å². The maximum atomic E-state index is 13.7. The van der Waals surface area contributed by atoms with Crippen LogP contribution >= 0.6 is 0 Å². The van der Waals surface area contributed by atoms with Gasteiger partial charge in [-0.05, 0) is 66.3 Å². The van der Waals surface area contributed by atoms with Crippen molar-refractivity contribution in [3.8, 4) is 23.0 Å². The standard InChI is InChI=1S/C32H36FN3O/c1-4-6-7-9-23-12-14-24(15-13-23)25-16-18-26(19-17-25)36(21-29(34)22(3)5-2)32(37)28-20-27(28)30-10-8-11-31(33)35-30/h8,10-19,22,27-29H,4-6,20-21,34H2,1-3H3/t22-,27+,28+,29+/m0/s1. The Kier molecular flexibility index (Phi) is 8.74. The van der Waals surface area contributed by atoms with E-state index in [2.05, 4.69) is 49.7 Å². The minimum absolute atomic E-state index is 0.0255. The van der Waals surface area contributed by atoms with Gasteiger partial charge in [0.15, 0.2) is 0 Å². The molecule has 0 bridgehead atoms. The number of carbonyl (C=O) groups is 1. The lowest BCUT2D eigenvalue weighted by atomic mass is 9.98. The number of rotatable bonds is 9. The molecule has 2 N–H and O–H groups in total. The van der Waals surface area contributed by atoms with E-state index in [1.807, 2.05) is 41.3 Å². The normalized spacial score (nSPS) is 17.9. The Hall–Kier alpha value is -3.49. The second kappa shape index (κ2) is 12.2. The van der Waals surface area contributed by atoms with Gasteiger partial charge in [-0.15, -0.1) is 0 Å². The summed E-state index contributed by atoms with van der Waals surface area (Å²) in [5, 5.41) is 0. The zero-order chi connectivity index (χ0) is 26.4. The number of amides is 1. The maximum Gasteiger partial charge on any atom is 0.230 e. The number of unbranched alkanes of at least 4 members (excludes halogenated alkanes) is 1. The Balaban J connectivity index is 1.53. The van der Waals surface area contributed by atoms with E-state index in [4.69, 9.17) is 5.73 Å². The van der Waals surface area contributed by atoms with Crippen LogP contribution in [-0.2, 0) is 4.79 Å². The summed E-state index contributed by atoms with van der Waals surface area (Å²) in [7, 11) is 0. The number of nitrogens with zero attached hydrogens (tertiary/aromatic N) is 2. The fourth-order valence-corrected chi connectivity index (χ4v) is 4.51. The number of aromatic nitrogens is 1. The van der Waals surface area contributed by atoms with Crippen LogP contribution in [0.2, 0.25) is 0 Å². The molecule has 1 aliphatic rings. The number of anilines is 1. The fraction of sp³-hybridized carbons (Fsp3) is 0.375. The van der Waals surface area contributed by atoms with Gasteiger partial charge in [0.2, 0.25) is 11.9 Å². The van der Waals surface area contributed by atoms with Crippen molar-refractivity contribution < 1.29 is 9.18 Å². The molecule has 1 heterocycles. The average Bonchev–Trinajstić information content (AvgIpc) is 3.73. The molecule has 0 radical (unpaired) electrons. The van der Waals surface area contributed by atoms with Gasteiger partial charge in [-0.3, -0.25) is 4.79 Å². The summed E-state index contributed by atoms with van der Waals surface area (Å²) in [4.78, 5) is 19.5. The van der Waals surface area contributed by atoms with Crippen LogP contribution in [0.5, 0.6) is 0 Å². The third-order valence-corrected chi connectivity index (χ3v) is 7.26. The lowest BCUT2D eigenvalue weighted by Crippen LogP contribution is -2.45. The first-order valence-electron chi connectivity index (χ1n) is 13.3. The molecular weight excluding hydrogens is 461 g/mol. The van der Waals surface area contributed by atoms with Crippen LogP contribution in [0.4, 0.5) is 10.1 Å². The molecule has 1 aliphatic carbocycles. The molecule has 1 aromatic heterocycles. The van der Waals surface area contributed by atoms with Crippen molar-refractivity contribution in [3.63, 3.8) is 0 Å². The fourth-order valence-electron chi connectivity index (χ4n) is 4.51. The van der Waals surface area contributed by atoms with Gasteiger partial charge in [0.25, 0.3) is 0 Å². The van der Waals surface area contributed by atoms with Crippen molar-refractivity contribution in [1.29, 1.82) is 0 Å². The van der Waals surface area contributed by atoms with Crippen LogP contribution in [0.1, 0.15) is 63.6 Å². The average molecular weight is 498 g/mol. The minimum atomic E-state index is -0.511. The van der Waals surface area contributed by atoms with Gasteiger partial charge in [0.05, 0.1) is 0 Å². The van der Waals surface area contributed by atoms with Crippen LogP contribution in [0.25, 0.3) is 11.1 Å². The number of hydrogen-bond acceptors (Lipinski definition) is 3. The summed E-state index contributed by atoms with van der Waals surface area (Å²) < 4.78 is 13.6. The first kappa shape index (κ1) is 26.6. The Morgan fingerprint density at radius 3 is 2.38 bits per heavy atom. The Morgan fingerprint density at radius 2 is 1.76 bits per heavy atom. The first-order valence-corrected chi connectivity index (χ1v) is 13.3. The molecule has 37 heavy (non-hydrogen) atoms. The Bertz CT molecular complexity index is 1260. The van der Waals surface area contributed by atoms with E-state index in [0.717, 1.165) is 41.6 Å². The molecule has 0 spiro atoms. The number of halogens is 1. The molecule has 4 rings (SSSR count). The highest BCUT2D eigenvalue weighted by atomic mass is 19.1. The Morgan fingerprint density at radius 1 is 1.08 bits per heavy atom. The summed E-state index contributed by atoms with van der Waals surface area (Å²) in [6, 6.07) is 20.9. The highest BCUT2D eigenvalue weighted by Gasteiger charge is 2.47. The molecule has 5 heteroatoms. The van der Waals surface area contributed by atoms with Gasteiger partial charge in [-0.1, -0.05) is 69.4 Å². The second-order valence-electron chi connectivity index (χ2n) is 10.0. The number of pyridine rings is 1. The van der Waals surface area contributed by atoms with E-state index in [1.54, 1.807) is 12.1 Å². The van der Waals surface area contributed by atoms with Crippen molar-refractivity contribution in [2.75, 3.05) is 11.4 Å². The van der Waals surface area contributed by atoms with Gasteiger partial charge < -0.3 is 10.6 Å². The molecular formula is C32H36FN3O. The molecule has 2 aromatic carbocycles. The van der Waals surface area contributed by atoms with E-state index in [-0.39, 0.29) is 29.7 Å². The SMILES string of the molecule is CCCC#Cc1ccc(-c2ccc(N(C[C@@H](N)[C@@H](C)CC)C(=O)[C@@H]3C[C@H]3c3cccc(F)n3)cc2)cc1. The maximum absolute atomic E-state index is 13.7. The number of nitrogens with two attached hydrogens (primary N) is 1. The van der Waals surface area contributed by atoms with Crippen LogP contribution < -0.4 is 10.6 Å². The lowest BCUT2D eigenvalue weighted by molar-refractivity contribution is -0.120. The first-order chi connectivity index (χ1) is 17.9. The molecule has 0 unspecified atom stereocenters. The van der Waals surface area contributed by atoms with Gasteiger partial charge in [-0.2, -0.15) is 4.39 Å². The zero-order valence-corrected chi connectivity index (χ0v) is 22.0. The van der Waals surface area contributed by atoms with Crippen LogP contribution in [0, 0.1) is 29.6 Å². The van der Waals surface area contributed by atoms with E-state index >= 15 is 0 Å². The van der Waals surface area contributed by atoms with Crippen LogP contribution in [0.3, 0.4) is 0 Å².